The maximum atomic E-state index is 12.7. The third kappa shape index (κ3) is 5.76. The number of carbonyl (C=O) groups is 1. The van der Waals surface area contributed by atoms with Crippen LogP contribution in [0, 0.1) is 0 Å². The lowest BCUT2D eigenvalue weighted by Gasteiger charge is -2.13. The third-order valence-corrected chi connectivity index (χ3v) is 6.58. The average molecular weight is 490 g/mol. The van der Waals surface area contributed by atoms with Crippen LogP contribution in [-0.2, 0) is 4.79 Å². The molecule has 0 fully saturated rings. The molecule has 0 unspecified atom stereocenters. The summed E-state index contributed by atoms with van der Waals surface area (Å²) in [5.41, 5.74) is 5.55. The molecule has 190 valence electrons. The second kappa shape index (κ2) is 11.8. The molecule has 0 saturated carbocycles. The Hall–Kier alpha value is -3.67. The Labute approximate surface area is 212 Å². The van der Waals surface area contributed by atoms with Crippen LogP contribution in [0.2, 0.25) is 0 Å². The van der Waals surface area contributed by atoms with Crippen molar-refractivity contribution in [3.8, 4) is 28.4 Å². The molecule has 0 atom stereocenters. The van der Waals surface area contributed by atoms with Gasteiger partial charge in [-0.1, -0.05) is 11.6 Å². The molecule has 3 aromatic rings. The number of methoxy groups -OCH3 is 2. The molecule has 0 radical (unpaired) electrons. The van der Waals surface area contributed by atoms with Gasteiger partial charge in [0.25, 0.3) is 0 Å². The van der Waals surface area contributed by atoms with Crippen molar-refractivity contribution in [2.45, 2.75) is 46.0 Å². The molecular formula is C30H35NO5. The van der Waals surface area contributed by atoms with E-state index in [0.717, 1.165) is 52.7 Å². The van der Waals surface area contributed by atoms with Gasteiger partial charge in [-0.15, -0.1) is 0 Å². The van der Waals surface area contributed by atoms with Crippen LogP contribution >= 0.6 is 0 Å². The minimum atomic E-state index is -0.103. The number of rotatable bonds is 10. The quantitative estimate of drug-likeness (QED) is 0.247. The van der Waals surface area contributed by atoms with Crippen molar-refractivity contribution in [3.05, 3.63) is 59.9 Å². The van der Waals surface area contributed by atoms with Crippen LogP contribution in [0.4, 0.5) is 0 Å². The molecule has 1 aromatic heterocycles. The SMILES string of the molecule is CCOc1cc2occ(-c3cc(OC)ccc3OC)c2cc1/C(C)=C/C(=O)NCCC1=CCCCC1. The van der Waals surface area contributed by atoms with E-state index in [0.29, 0.717) is 30.2 Å². The highest BCUT2D eigenvalue weighted by Gasteiger charge is 2.18. The lowest BCUT2D eigenvalue weighted by molar-refractivity contribution is -0.116. The first-order valence-corrected chi connectivity index (χ1v) is 12.6. The normalized spacial score (nSPS) is 13.9. The Morgan fingerprint density at radius 1 is 1.08 bits per heavy atom. The molecule has 2 aromatic carbocycles. The van der Waals surface area contributed by atoms with E-state index < -0.39 is 0 Å². The maximum absolute atomic E-state index is 12.7. The topological polar surface area (TPSA) is 69.9 Å². The monoisotopic (exact) mass is 489 g/mol. The van der Waals surface area contributed by atoms with Gasteiger partial charge in [0.15, 0.2) is 0 Å². The Kier molecular flexibility index (Phi) is 8.36. The molecule has 36 heavy (non-hydrogen) atoms. The van der Waals surface area contributed by atoms with E-state index in [1.54, 1.807) is 26.6 Å². The number of benzene rings is 2. The predicted octanol–water partition coefficient (Wildman–Crippen LogP) is 6.93. The fourth-order valence-corrected chi connectivity index (χ4v) is 4.67. The highest BCUT2D eigenvalue weighted by Crippen LogP contribution is 2.41. The predicted molar refractivity (Wildman–Crippen MR) is 144 cm³/mol. The molecule has 0 spiro atoms. The van der Waals surface area contributed by atoms with Gasteiger partial charge in [0.2, 0.25) is 5.91 Å². The fourth-order valence-electron chi connectivity index (χ4n) is 4.67. The first kappa shape index (κ1) is 25.4. The number of hydrogen-bond acceptors (Lipinski definition) is 5. The van der Waals surface area contributed by atoms with E-state index in [4.69, 9.17) is 18.6 Å². The van der Waals surface area contributed by atoms with Gasteiger partial charge in [-0.05, 0) is 75.8 Å². The highest BCUT2D eigenvalue weighted by atomic mass is 16.5. The molecule has 1 N–H and O–H groups in total. The van der Waals surface area contributed by atoms with Gasteiger partial charge in [-0.3, -0.25) is 4.79 Å². The Morgan fingerprint density at radius 2 is 1.94 bits per heavy atom. The summed E-state index contributed by atoms with van der Waals surface area (Å²) in [5, 5.41) is 3.93. The van der Waals surface area contributed by atoms with Crippen molar-refractivity contribution in [3.63, 3.8) is 0 Å². The number of ether oxygens (including phenoxy) is 3. The zero-order chi connectivity index (χ0) is 25.5. The third-order valence-electron chi connectivity index (χ3n) is 6.58. The minimum Gasteiger partial charge on any atom is -0.497 e. The van der Waals surface area contributed by atoms with Gasteiger partial charge in [0, 0.05) is 40.8 Å². The second-order valence-electron chi connectivity index (χ2n) is 8.97. The van der Waals surface area contributed by atoms with Crippen LogP contribution in [-0.4, -0.2) is 33.3 Å². The van der Waals surface area contributed by atoms with Gasteiger partial charge >= 0.3 is 0 Å². The summed E-state index contributed by atoms with van der Waals surface area (Å²) in [6, 6.07) is 9.57. The van der Waals surface area contributed by atoms with Crippen molar-refractivity contribution in [1.29, 1.82) is 0 Å². The summed E-state index contributed by atoms with van der Waals surface area (Å²) in [6.45, 7) is 5.02. The summed E-state index contributed by atoms with van der Waals surface area (Å²) >= 11 is 0. The summed E-state index contributed by atoms with van der Waals surface area (Å²) < 4.78 is 22.9. The van der Waals surface area contributed by atoms with Gasteiger partial charge in [0.1, 0.15) is 22.8 Å². The van der Waals surface area contributed by atoms with Crippen molar-refractivity contribution in [2.75, 3.05) is 27.4 Å². The van der Waals surface area contributed by atoms with Gasteiger partial charge < -0.3 is 23.9 Å². The number of allylic oxidation sites excluding steroid dienone is 2. The molecule has 6 heteroatoms. The van der Waals surface area contributed by atoms with Crippen molar-refractivity contribution < 1.29 is 23.4 Å². The van der Waals surface area contributed by atoms with Crippen LogP contribution in [0.1, 0.15) is 51.5 Å². The molecule has 0 saturated heterocycles. The van der Waals surface area contributed by atoms with E-state index in [9.17, 15) is 4.79 Å². The minimum absolute atomic E-state index is 0.103. The van der Waals surface area contributed by atoms with Crippen molar-refractivity contribution >= 4 is 22.4 Å². The first-order valence-electron chi connectivity index (χ1n) is 12.6. The molecule has 6 nitrogen and oxygen atoms in total. The lowest BCUT2D eigenvalue weighted by Crippen LogP contribution is -2.23. The van der Waals surface area contributed by atoms with E-state index in [-0.39, 0.29) is 5.91 Å². The molecule has 1 amide bonds. The Balaban J connectivity index is 1.64. The molecular weight excluding hydrogens is 454 g/mol. The van der Waals surface area contributed by atoms with Crippen LogP contribution in [0.15, 0.2) is 58.7 Å². The first-order chi connectivity index (χ1) is 17.5. The molecule has 1 aliphatic rings. The smallest absolute Gasteiger partial charge is 0.244 e. The van der Waals surface area contributed by atoms with E-state index in [1.165, 1.54) is 18.4 Å². The van der Waals surface area contributed by atoms with E-state index in [1.807, 2.05) is 44.2 Å². The molecule has 0 bridgehead atoms. The molecule has 1 heterocycles. The van der Waals surface area contributed by atoms with Gasteiger partial charge in [-0.25, -0.2) is 0 Å². The summed E-state index contributed by atoms with van der Waals surface area (Å²) in [7, 11) is 3.28. The average Bonchev–Trinajstić information content (AvgIpc) is 3.31. The van der Waals surface area contributed by atoms with Gasteiger partial charge in [-0.2, -0.15) is 0 Å². The number of hydrogen-bond donors (Lipinski definition) is 1. The Bertz CT molecular complexity index is 1280. The van der Waals surface area contributed by atoms with E-state index >= 15 is 0 Å². The summed E-state index contributed by atoms with van der Waals surface area (Å²) in [5.74, 6) is 2.02. The number of nitrogens with one attached hydrogen (secondary N) is 1. The lowest BCUT2D eigenvalue weighted by atomic mass is 9.97. The molecule has 1 aliphatic carbocycles. The zero-order valence-corrected chi connectivity index (χ0v) is 21.6. The van der Waals surface area contributed by atoms with Crippen molar-refractivity contribution in [2.24, 2.45) is 0 Å². The van der Waals surface area contributed by atoms with Gasteiger partial charge in [0.05, 0.1) is 27.1 Å². The van der Waals surface area contributed by atoms with Crippen LogP contribution in [0.25, 0.3) is 27.7 Å². The second-order valence-corrected chi connectivity index (χ2v) is 8.97. The van der Waals surface area contributed by atoms with Crippen molar-refractivity contribution in [1.82, 2.24) is 5.32 Å². The van der Waals surface area contributed by atoms with E-state index in [2.05, 4.69) is 11.4 Å². The molecule has 0 aliphatic heterocycles. The number of furan rings is 1. The zero-order valence-electron chi connectivity index (χ0n) is 21.6. The summed E-state index contributed by atoms with van der Waals surface area (Å²) in [6.07, 6.45) is 11.4. The van der Waals surface area contributed by atoms with Crippen LogP contribution in [0.5, 0.6) is 17.2 Å². The van der Waals surface area contributed by atoms with Crippen LogP contribution < -0.4 is 19.5 Å². The maximum Gasteiger partial charge on any atom is 0.244 e. The number of carbonyl (C=O) groups excluding carboxylic acids is 1. The Morgan fingerprint density at radius 3 is 2.67 bits per heavy atom. The highest BCUT2D eigenvalue weighted by molar-refractivity contribution is 6.01. The standard InChI is InChI=1S/C30H35NO5/c1-5-35-28-18-29-25(26(19-36-29)24-16-22(33-3)11-12-27(24)34-4)17-23(28)20(2)15-30(32)31-14-13-21-9-7-6-8-10-21/h9,11-12,15-19H,5-8,10,13-14H2,1-4H3,(H,31,32)/b20-15+. The summed E-state index contributed by atoms with van der Waals surface area (Å²) in [4.78, 5) is 12.7. The van der Waals surface area contributed by atoms with Crippen LogP contribution in [0.3, 0.4) is 0 Å². The number of amides is 1. The number of fused-ring (bicyclic) bond motifs is 1. The fraction of sp³-hybridized carbons (Fsp3) is 0.367. The molecule has 4 rings (SSSR count). The largest absolute Gasteiger partial charge is 0.497 e.